The van der Waals surface area contributed by atoms with Crippen LogP contribution >= 0.6 is 0 Å². The Labute approximate surface area is 105 Å². The zero-order chi connectivity index (χ0) is 13.1. The van der Waals surface area contributed by atoms with E-state index in [0.717, 1.165) is 13.0 Å². The number of carbonyl (C=O) groups excluding carboxylic acids is 1. The molecule has 7 nitrogen and oxygen atoms in total. The highest BCUT2D eigenvalue weighted by Gasteiger charge is 2.29. The predicted octanol–water partition coefficient (Wildman–Crippen LogP) is -0.898. The van der Waals surface area contributed by atoms with Gasteiger partial charge in [0.15, 0.2) is 0 Å². The van der Waals surface area contributed by atoms with Gasteiger partial charge >= 0.3 is 0 Å². The Hall–Kier alpha value is -1.47. The molecule has 1 amide bonds. The Morgan fingerprint density at radius 3 is 2.94 bits per heavy atom. The van der Waals surface area contributed by atoms with Crippen molar-refractivity contribution in [1.29, 1.82) is 0 Å². The normalized spacial score (nSPS) is 24.4. The number of hydrogen-bond acceptors (Lipinski definition) is 6. The number of aromatic nitrogens is 2. The fraction of sp³-hybridized carbons (Fsp3) is 0.727. The summed E-state index contributed by atoms with van der Waals surface area (Å²) in [6.07, 6.45) is 0.953. The van der Waals surface area contributed by atoms with Gasteiger partial charge in [-0.15, -0.1) is 0 Å². The molecule has 100 valence electrons. The molecule has 0 aliphatic carbocycles. The van der Waals surface area contributed by atoms with Crippen molar-refractivity contribution in [3.05, 3.63) is 11.4 Å². The van der Waals surface area contributed by atoms with E-state index in [1.165, 1.54) is 0 Å². The van der Waals surface area contributed by atoms with Crippen molar-refractivity contribution in [2.24, 2.45) is 0 Å². The molecule has 1 aromatic heterocycles. The minimum absolute atomic E-state index is 0.0832. The van der Waals surface area contributed by atoms with Crippen molar-refractivity contribution in [3.63, 3.8) is 0 Å². The molecule has 1 aliphatic rings. The molecule has 1 aliphatic heterocycles. The molecule has 18 heavy (non-hydrogen) atoms. The lowest BCUT2D eigenvalue weighted by molar-refractivity contribution is -0.121. The molecule has 0 radical (unpaired) electrons. The van der Waals surface area contributed by atoms with E-state index in [9.17, 15) is 4.79 Å². The van der Waals surface area contributed by atoms with Gasteiger partial charge in [0.05, 0.1) is 13.0 Å². The largest absolute Gasteiger partial charge is 0.395 e. The quantitative estimate of drug-likeness (QED) is 0.723. The summed E-state index contributed by atoms with van der Waals surface area (Å²) < 4.78 is 4.55. The molecule has 2 N–H and O–H groups in total. The minimum Gasteiger partial charge on any atom is -0.395 e. The van der Waals surface area contributed by atoms with Crippen LogP contribution in [0.25, 0.3) is 0 Å². The van der Waals surface area contributed by atoms with Crippen LogP contribution in [0.4, 0.5) is 0 Å². The highest BCUT2D eigenvalue weighted by atomic mass is 16.6. The minimum atomic E-state index is -0.0919. The first kappa shape index (κ1) is 13.0. The van der Waals surface area contributed by atoms with Gasteiger partial charge in [-0.25, -0.2) is 4.63 Å². The third-order valence-corrected chi connectivity index (χ3v) is 3.34. The second-order valence-corrected chi connectivity index (χ2v) is 4.75. The number of aliphatic hydroxyl groups is 1. The van der Waals surface area contributed by atoms with E-state index >= 15 is 0 Å². The Balaban J connectivity index is 1.84. The molecule has 0 aromatic carbocycles. The predicted molar refractivity (Wildman–Crippen MR) is 62.8 cm³/mol. The highest BCUT2D eigenvalue weighted by molar-refractivity contribution is 5.78. The Morgan fingerprint density at radius 1 is 1.61 bits per heavy atom. The van der Waals surface area contributed by atoms with Crippen LogP contribution in [-0.4, -0.2) is 58.5 Å². The molecule has 1 aromatic rings. The average Bonchev–Trinajstić information content (AvgIpc) is 2.86. The topological polar surface area (TPSA) is 91.5 Å². The van der Waals surface area contributed by atoms with E-state index in [1.54, 1.807) is 6.92 Å². The van der Waals surface area contributed by atoms with E-state index in [2.05, 4.69) is 20.3 Å². The van der Waals surface area contributed by atoms with Gasteiger partial charge in [0.25, 0.3) is 0 Å². The number of aliphatic hydroxyl groups excluding tert-OH is 1. The van der Waals surface area contributed by atoms with Crippen LogP contribution in [0.3, 0.4) is 0 Å². The van der Waals surface area contributed by atoms with Crippen molar-refractivity contribution in [2.45, 2.75) is 31.8 Å². The molecule has 2 atom stereocenters. The summed E-state index contributed by atoms with van der Waals surface area (Å²) in [6, 6.07) is 0.213. The van der Waals surface area contributed by atoms with Gasteiger partial charge in [-0.2, -0.15) is 0 Å². The number of rotatable bonds is 4. The number of hydrogen-bond donors (Lipinski definition) is 2. The van der Waals surface area contributed by atoms with Gasteiger partial charge in [0.2, 0.25) is 5.91 Å². The van der Waals surface area contributed by atoms with Gasteiger partial charge in [0.1, 0.15) is 11.4 Å². The van der Waals surface area contributed by atoms with Crippen LogP contribution in [0.1, 0.15) is 17.8 Å². The summed E-state index contributed by atoms with van der Waals surface area (Å²) in [7, 11) is 1.94. The summed E-state index contributed by atoms with van der Waals surface area (Å²) in [6.45, 7) is 2.63. The summed E-state index contributed by atoms with van der Waals surface area (Å²) >= 11 is 0. The van der Waals surface area contributed by atoms with Crippen molar-refractivity contribution in [3.8, 4) is 0 Å². The first-order valence-corrected chi connectivity index (χ1v) is 5.98. The van der Waals surface area contributed by atoms with Crippen LogP contribution in [0.15, 0.2) is 4.63 Å². The van der Waals surface area contributed by atoms with E-state index in [4.69, 9.17) is 5.11 Å². The molecule has 1 saturated heterocycles. The van der Waals surface area contributed by atoms with Crippen LogP contribution in [0, 0.1) is 6.92 Å². The SMILES string of the molecule is Cc1nonc1CC(=O)N[C@@H]1C[C@@H](CO)N(C)C1. The first-order valence-electron chi connectivity index (χ1n) is 5.98. The Bertz CT molecular complexity index is 420. The Kier molecular flexibility index (Phi) is 3.93. The molecule has 7 heteroatoms. The molecule has 0 unspecified atom stereocenters. The molecule has 0 spiro atoms. The maximum absolute atomic E-state index is 11.8. The summed E-state index contributed by atoms with van der Waals surface area (Å²) in [5, 5.41) is 19.4. The third kappa shape index (κ3) is 2.85. The van der Waals surface area contributed by atoms with Gasteiger partial charge in [-0.1, -0.05) is 10.3 Å². The summed E-state index contributed by atoms with van der Waals surface area (Å²) in [4.78, 5) is 13.9. The molecular formula is C11H18N4O3. The second kappa shape index (κ2) is 5.45. The lowest BCUT2D eigenvalue weighted by atomic mass is 10.1. The van der Waals surface area contributed by atoms with E-state index in [0.29, 0.717) is 11.4 Å². The molecule has 2 heterocycles. The fourth-order valence-corrected chi connectivity index (χ4v) is 2.24. The lowest BCUT2D eigenvalue weighted by Gasteiger charge is -2.15. The fourth-order valence-electron chi connectivity index (χ4n) is 2.24. The van der Waals surface area contributed by atoms with Gasteiger partial charge in [-0.05, 0) is 20.4 Å². The molecule has 0 bridgehead atoms. The maximum Gasteiger partial charge on any atom is 0.226 e. The first-order chi connectivity index (χ1) is 8.60. The number of nitrogens with zero attached hydrogens (tertiary/aromatic N) is 3. The van der Waals surface area contributed by atoms with E-state index < -0.39 is 0 Å². The number of amides is 1. The number of likely N-dealkylation sites (tertiary alicyclic amines) is 1. The number of nitrogens with one attached hydrogen (secondary N) is 1. The maximum atomic E-state index is 11.8. The van der Waals surface area contributed by atoms with Gasteiger partial charge < -0.3 is 10.4 Å². The van der Waals surface area contributed by atoms with Gasteiger partial charge in [-0.3, -0.25) is 9.69 Å². The Morgan fingerprint density at radius 2 is 2.39 bits per heavy atom. The van der Waals surface area contributed by atoms with Crippen molar-refractivity contribution < 1.29 is 14.5 Å². The van der Waals surface area contributed by atoms with E-state index in [-0.39, 0.29) is 31.0 Å². The van der Waals surface area contributed by atoms with Gasteiger partial charge in [0, 0.05) is 18.6 Å². The van der Waals surface area contributed by atoms with Crippen LogP contribution in [0.2, 0.25) is 0 Å². The van der Waals surface area contributed by atoms with Crippen molar-refractivity contribution >= 4 is 5.91 Å². The second-order valence-electron chi connectivity index (χ2n) is 4.75. The highest BCUT2D eigenvalue weighted by Crippen LogP contribution is 2.15. The van der Waals surface area contributed by atoms with Crippen LogP contribution in [-0.2, 0) is 11.2 Å². The monoisotopic (exact) mass is 254 g/mol. The standard InChI is InChI=1S/C11H18N4O3/c1-7-10(14-18-13-7)4-11(17)12-8-3-9(6-16)15(2)5-8/h8-9,16H,3-6H2,1-2H3,(H,12,17)/t8-,9+/m1/s1. The number of likely N-dealkylation sites (N-methyl/N-ethyl adjacent to an activating group) is 1. The lowest BCUT2D eigenvalue weighted by Crippen LogP contribution is -2.37. The smallest absolute Gasteiger partial charge is 0.226 e. The molecule has 1 fully saturated rings. The zero-order valence-electron chi connectivity index (χ0n) is 10.6. The molecular weight excluding hydrogens is 236 g/mol. The van der Waals surface area contributed by atoms with Crippen LogP contribution < -0.4 is 5.32 Å². The average molecular weight is 254 g/mol. The van der Waals surface area contributed by atoms with E-state index in [1.807, 2.05) is 11.9 Å². The van der Waals surface area contributed by atoms with Crippen molar-refractivity contribution in [2.75, 3.05) is 20.2 Å². The molecule has 2 rings (SSSR count). The summed E-state index contributed by atoms with van der Waals surface area (Å²) in [5.74, 6) is -0.0919. The zero-order valence-corrected chi connectivity index (χ0v) is 10.6. The number of carbonyl (C=O) groups is 1. The third-order valence-electron chi connectivity index (χ3n) is 3.34. The van der Waals surface area contributed by atoms with Crippen LogP contribution in [0.5, 0.6) is 0 Å². The number of aryl methyl sites for hydroxylation is 1. The molecule has 0 saturated carbocycles. The summed E-state index contributed by atoms with van der Waals surface area (Å²) in [5.41, 5.74) is 1.21. The van der Waals surface area contributed by atoms with Crippen molar-refractivity contribution in [1.82, 2.24) is 20.5 Å².